The van der Waals surface area contributed by atoms with Gasteiger partial charge in [-0.1, -0.05) is 173 Å². The Kier molecular flexibility index (Phi) is 20.2. The predicted octanol–water partition coefficient (Wildman–Crippen LogP) is 12.7. The molecule has 6 aromatic carbocycles. The van der Waals surface area contributed by atoms with Crippen molar-refractivity contribution in [3.05, 3.63) is 146 Å². The fourth-order valence-corrected chi connectivity index (χ4v) is 9.65. The minimum Gasteiger partial charge on any atom is -0.412 e. The number of fused-ring (bicyclic) bond motifs is 9. The van der Waals surface area contributed by atoms with Gasteiger partial charge in [-0.15, -0.1) is 11.3 Å². The first-order chi connectivity index (χ1) is 26.5. The molecule has 4 N–H and O–H groups in total. The summed E-state index contributed by atoms with van der Waals surface area (Å²) in [6, 6.07) is 47.1. The first-order valence-corrected chi connectivity index (χ1v) is 19.9. The highest BCUT2D eigenvalue weighted by Gasteiger charge is 2.31. The van der Waals surface area contributed by atoms with Crippen LogP contribution in [0.1, 0.15) is 67.9 Å². The van der Waals surface area contributed by atoms with Crippen LogP contribution < -0.4 is 0 Å². The second-order valence-corrected chi connectivity index (χ2v) is 14.2. The lowest BCUT2D eigenvalue weighted by atomic mass is 10.1. The van der Waals surface area contributed by atoms with Crippen LogP contribution in [-0.2, 0) is 20.6 Å². The van der Waals surface area contributed by atoms with Crippen molar-refractivity contribution in [1.29, 1.82) is 0 Å². The largest absolute Gasteiger partial charge is 0.412 e. The van der Waals surface area contributed by atoms with Gasteiger partial charge in [0.2, 0.25) is 9.84 Å². The molecule has 0 saturated carbocycles. The second kappa shape index (κ2) is 24.0. The van der Waals surface area contributed by atoms with Gasteiger partial charge in [0.05, 0.1) is 30.4 Å². The number of rotatable bonds is 0. The Balaban J connectivity index is 0. The molecule has 0 amide bonds. The summed E-state index contributed by atoms with van der Waals surface area (Å²) in [6.07, 6.45) is 0. The number of hydrogen-bond donors (Lipinski definition) is 0. The van der Waals surface area contributed by atoms with Crippen molar-refractivity contribution < 1.29 is 27.7 Å². The molecule has 1 aromatic heterocycles. The van der Waals surface area contributed by atoms with E-state index in [1.807, 2.05) is 126 Å². The molecule has 286 valence electrons. The Morgan fingerprint density at radius 2 is 0.736 bits per heavy atom. The summed E-state index contributed by atoms with van der Waals surface area (Å²) in [5, 5.41) is 2.76. The average molecular weight is 778 g/mol. The summed E-state index contributed by atoms with van der Waals surface area (Å²) in [5.41, 5.74) is 3.85. The summed E-state index contributed by atoms with van der Waals surface area (Å²) in [4.78, 5) is 2.72. The van der Waals surface area contributed by atoms with Crippen molar-refractivity contribution in [2.75, 3.05) is 0 Å². The minimum atomic E-state index is -3.26. The van der Waals surface area contributed by atoms with E-state index in [9.17, 15) is 12.6 Å². The SMILES string of the molecule is CC.CC.CC.O.O.O=S1(=O)c2ccccc2-c2ccccc21.O=S1c2ccccc2-c2ccccc21.[2H]C.[2H]C.[2H]C.c1ccc2c(c1)sc1ccccc12. The van der Waals surface area contributed by atoms with Crippen molar-refractivity contribution in [3.63, 3.8) is 0 Å². The lowest BCUT2D eigenvalue weighted by Crippen LogP contribution is -1.95. The molecule has 2 aliphatic rings. The fourth-order valence-electron chi connectivity index (χ4n) is 5.46. The topological polar surface area (TPSA) is 114 Å². The highest BCUT2D eigenvalue weighted by Crippen LogP contribution is 2.42. The monoisotopic (exact) mass is 777 g/mol. The highest BCUT2D eigenvalue weighted by molar-refractivity contribution is 7.92. The van der Waals surface area contributed by atoms with Crippen LogP contribution in [0.3, 0.4) is 0 Å². The normalized spacial score (nSPS) is 11.5. The Morgan fingerprint density at radius 3 is 1.11 bits per heavy atom. The van der Waals surface area contributed by atoms with E-state index < -0.39 is 20.6 Å². The van der Waals surface area contributed by atoms with E-state index in [1.54, 1.807) is 24.3 Å². The Hall–Kier alpha value is -4.44. The molecule has 0 aliphatic carbocycles. The third kappa shape index (κ3) is 10.4. The molecule has 2 aliphatic heterocycles. The van der Waals surface area contributed by atoms with E-state index in [1.165, 1.54) is 42.4 Å². The molecule has 0 radical (unpaired) electrons. The zero-order valence-corrected chi connectivity index (χ0v) is 34.8. The van der Waals surface area contributed by atoms with Crippen LogP contribution in [0.25, 0.3) is 42.4 Å². The number of hydrogen-bond acceptors (Lipinski definition) is 4. The van der Waals surface area contributed by atoms with Gasteiger partial charge in [0.25, 0.3) is 0 Å². The van der Waals surface area contributed by atoms with E-state index in [4.69, 9.17) is 4.11 Å². The van der Waals surface area contributed by atoms with Crippen LogP contribution >= 0.6 is 11.3 Å². The summed E-state index contributed by atoms with van der Waals surface area (Å²) < 4.78 is 56.2. The maximum absolute atomic E-state index is 12.1. The van der Waals surface area contributed by atoms with Gasteiger partial charge in [-0.25, -0.2) is 12.6 Å². The summed E-state index contributed by atoms with van der Waals surface area (Å²) in [6.45, 7) is 12.0. The lowest BCUT2D eigenvalue weighted by molar-refractivity contribution is 0.598. The lowest BCUT2D eigenvalue weighted by Gasteiger charge is -1.95. The van der Waals surface area contributed by atoms with E-state index >= 15 is 0 Å². The van der Waals surface area contributed by atoms with Crippen molar-refractivity contribution in [2.45, 2.75) is 83.3 Å². The molecule has 0 spiro atoms. The fraction of sp³-hybridized carbons (Fsp3) is 0.200. The first-order valence-electron chi connectivity index (χ1n) is 19.4. The smallest absolute Gasteiger partial charge is 0.207 e. The molecule has 0 unspecified atom stereocenters. The van der Waals surface area contributed by atoms with E-state index in [0.717, 1.165) is 32.0 Å². The van der Waals surface area contributed by atoms with Crippen molar-refractivity contribution in [3.8, 4) is 22.3 Å². The van der Waals surface area contributed by atoms with Crippen LogP contribution in [0, 0.1) is 0 Å². The molecular weight excluding hydrogens is 717 g/mol. The van der Waals surface area contributed by atoms with Crippen molar-refractivity contribution in [1.82, 2.24) is 0 Å². The summed E-state index contributed by atoms with van der Waals surface area (Å²) in [5.74, 6) is 0. The predicted molar refractivity (Wildman–Crippen MR) is 235 cm³/mol. The zero-order valence-electron chi connectivity index (χ0n) is 35.3. The molecule has 8 heteroatoms. The summed E-state index contributed by atoms with van der Waals surface area (Å²) in [7, 11) is -0.488. The van der Waals surface area contributed by atoms with Crippen molar-refractivity contribution >= 4 is 52.1 Å². The quantitative estimate of drug-likeness (QED) is 0.153. The molecular formula is C45H58O5S3. The van der Waals surface area contributed by atoms with Gasteiger partial charge >= 0.3 is 0 Å². The third-order valence-electron chi connectivity index (χ3n) is 7.39. The number of sulfone groups is 1. The maximum Gasteiger partial charge on any atom is 0.207 e. The van der Waals surface area contributed by atoms with Gasteiger partial charge in [-0.2, -0.15) is 0 Å². The first kappa shape index (κ1) is 44.7. The van der Waals surface area contributed by atoms with Crippen LogP contribution in [0.15, 0.2) is 165 Å². The van der Waals surface area contributed by atoms with Gasteiger partial charge in [-0.3, -0.25) is 0 Å². The van der Waals surface area contributed by atoms with Gasteiger partial charge in [-0.05, 0) is 47.5 Å². The third-order valence-corrected chi connectivity index (χ3v) is 11.9. The molecule has 0 bridgehead atoms. The Labute approximate surface area is 329 Å². The zero-order chi connectivity index (χ0) is 40.7. The standard InChI is InChI=1S/C12H8O2S.C12H8OS.C12H8S.3C2H6.3CH4.2H2O/c13-15(14)11-7-3-1-5-9(11)10-6-2-4-8-12(10)15;13-14-11-7-3-1-5-9(11)10-6-2-4-8-12(10)14;1-3-7-11-9(5-1)10-6-2-4-8-12(10)13-11;3*1-2;;;;;/h1-8H;1-8H;1-8H;3*1-2H3;3*1H4;2*1H2/i;;;;;;3*1D;;. The number of benzene rings is 6. The molecule has 7 aromatic rings. The molecule has 0 saturated heterocycles. The molecule has 3 heterocycles. The van der Waals surface area contributed by atoms with Crippen LogP contribution in [0.2, 0.25) is 0 Å². The van der Waals surface area contributed by atoms with E-state index in [2.05, 4.69) is 48.5 Å². The number of thiophene rings is 1. The molecule has 53 heavy (non-hydrogen) atoms. The van der Waals surface area contributed by atoms with Gasteiger partial charge in [0, 0.05) is 35.4 Å². The minimum absolute atomic E-state index is 0. The van der Waals surface area contributed by atoms with E-state index in [-0.39, 0.29) is 11.0 Å². The second-order valence-electron chi connectivity index (χ2n) is 9.85. The Bertz CT molecular complexity index is 2120. The molecule has 9 rings (SSSR count). The van der Waals surface area contributed by atoms with Gasteiger partial charge in [0.1, 0.15) is 0 Å². The van der Waals surface area contributed by atoms with Crippen LogP contribution in [-0.4, -0.2) is 23.6 Å². The molecule has 0 atom stereocenters. The van der Waals surface area contributed by atoms with Gasteiger partial charge < -0.3 is 11.0 Å². The summed E-state index contributed by atoms with van der Waals surface area (Å²) >= 11 is 1.86. The van der Waals surface area contributed by atoms with Crippen LogP contribution in [0.5, 0.6) is 0 Å². The molecule has 5 nitrogen and oxygen atoms in total. The maximum atomic E-state index is 12.1. The van der Waals surface area contributed by atoms with E-state index in [0.29, 0.717) is 9.79 Å². The Morgan fingerprint density at radius 1 is 0.453 bits per heavy atom. The van der Waals surface area contributed by atoms with Crippen molar-refractivity contribution in [2.24, 2.45) is 0 Å². The highest BCUT2D eigenvalue weighted by atomic mass is 32.2. The van der Waals surface area contributed by atoms with Gasteiger partial charge in [0.15, 0.2) is 0 Å². The average Bonchev–Trinajstić information content (AvgIpc) is 3.88. The molecule has 0 fully saturated rings. The van der Waals surface area contributed by atoms with Crippen LogP contribution in [0.4, 0.5) is 0 Å².